The zero-order valence-corrected chi connectivity index (χ0v) is 19.2. The van der Waals surface area contributed by atoms with E-state index < -0.39 is 0 Å². The summed E-state index contributed by atoms with van der Waals surface area (Å²) in [5.74, 6) is 0.317. The van der Waals surface area contributed by atoms with Crippen LogP contribution in [0.4, 0.5) is 0 Å². The number of nitrogens with two attached hydrogens (primary N) is 1. The van der Waals surface area contributed by atoms with Gasteiger partial charge in [0.25, 0.3) is 0 Å². The largest absolute Gasteiger partial charge is 0.468 e. The van der Waals surface area contributed by atoms with Crippen LogP contribution in [-0.4, -0.2) is 44.3 Å². The number of methoxy groups -OCH3 is 1. The zero-order chi connectivity index (χ0) is 22.5. The highest BCUT2D eigenvalue weighted by Crippen LogP contribution is 2.08. The molecule has 0 saturated carbocycles. The third-order valence-corrected chi connectivity index (χ3v) is 5.45. The average Bonchev–Trinajstić information content (AvgIpc) is 2.79. The fourth-order valence-corrected chi connectivity index (χ4v) is 3.74. The number of carbonyl (C=O) groups is 1. The maximum Gasteiger partial charge on any atom is 0.323 e. The Morgan fingerprint density at radius 3 is 2.13 bits per heavy atom. The molecule has 0 unspecified atom stereocenters. The second-order valence-corrected chi connectivity index (χ2v) is 8.69. The molecule has 0 aromatic heterocycles. The Balaban J connectivity index is 1.85. The maximum absolute atomic E-state index is 12.3. The third kappa shape index (κ3) is 10.1. The lowest BCUT2D eigenvalue weighted by Gasteiger charge is -2.25. The molecule has 2 rings (SSSR count). The molecule has 0 aliphatic carbocycles. The van der Waals surface area contributed by atoms with Crippen molar-refractivity contribution in [3.8, 4) is 0 Å². The van der Waals surface area contributed by atoms with E-state index in [1.54, 1.807) is 0 Å². The lowest BCUT2D eigenvalue weighted by molar-refractivity contribution is -0.143. The number of carbonyl (C=O) groups excluding carboxylic acids is 1. The van der Waals surface area contributed by atoms with Crippen molar-refractivity contribution in [1.82, 2.24) is 10.6 Å². The molecule has 5 heteroatoms. The molecule has 0 saturated heterocycles. The number of hydrogen-bond donors (Lipinski definition) is 3. The number of hydrogen-bond acceptors (Lipinski definition) is 5. The van der Waals surface area contributed by atoms with Crippen molar-refractivity contribution in [2.24, 2.45) is 11.7 Å². The summed E-state index contributed by atoms with van der Waals surface area (Å²) in [4.78, 5) is 12.3. The molecule has 0 spiro atoms. The van der Waals surface area contributed by atoms with Crippen molar-refractivity contribution < 1.29 is 9.53 Å². The lowest BCUT2D eigenvalue weighted by Crippen LogP contribution is -2.49. The van der Waals surface area contributed by atoms with Gasteiger partial charge in [0.1, 0.15) is 6.04 Å². The van der Waals surface area contributed by atoms with E-state index in [1.165, 1.54) is 12.7 Å². The van der Waals surface area contributed by atoms with E-state index in [2.05, 4.69) is 48.7 Å². The molecule has 3 atom stereocenters. The minimum atomic E-state index is -0.365. The molecule has 2 aromatic carbocycles. The first kappa shape index (κ1) is 25.1. The van der Waals surface area contributed by atoms with Gasteiger partial charge < -0.3 is 21.1 Å². The Bertz CT molecular complexity index is 737. The Morgan fingerprint density at radius 1 is 0.935 bits per heavy atom. The molecule has 0 heterocycles. The summed E-state index contributed by atoms with van der Waals surface area (Å²) >= 11 is 0. The van der Waals surface area contributed by atoms with E-state index in [0.29, 0.717) is 18.9 Å². The first-order chi connectivity index (χ1) is 15.0. The highest BCUT2D eigenvalue weighted by Gasteiger charge is 2.21. The van der Waals surface area contributed by atoms with Gasteiger partial charge in [0, 0.05) is 25.2 Å². The van der Waals surface area contributed by atoms with Crippen molar-refractivity contribution in [2.75, 3.05) is 20.2 Å². The van der Waals surface area contributed by atoms with Gasteiger partial charge in [0.2, 0.25) is 0 Å². The first-order valence-electron chi connectivity index (χ1n) is 11.4. The van der Waals surface area contributed by atoms with Crippen LogP contribution in [0.25, 0.3) is 0 Å². The topological polar surface area (TPSA) is 76.4 Å². The predicted octanol–water partition coefficient (Wildman–Crippen LogP) is 3.32. The minimum Gasteiger partial charge on any atom is -0.468 e. The number of benzene rings is 2. The van der Waals surface area contributed by atoms with Gasteiger partial charge >= 0.3 is 5.97 Å². The molecule has 0 aliphatic rings. The zero-order valence-electron chi connectivity index (χ0n) is 19.2. The van der Waals surface area contributed by atoms with Crippen LogP contribution in [0.15, 0.2) is 60.7 Å². The van der Waals surface area contributed by atoms with E-state index in [9.17, 15) is 4.79 Å². The van der Waals surface area contributed by atoms with Gasteiger partial charge in [-0.2, -0.15) is 0 Å². The van der Waals surface area contributed by atoms with Gasteiger partial charge in [-0.05, 0) is 42.7 Å². The fourth-order valence-electron chi connectivity index (χ4n) is 3.74. The summed E-state index contributed by atoms with van der Waals surface area (Å²) in [7, 11) is 1.44. The summed E-state index contributed by atoms with van der Waals surface area (Å²) < 4.78 is 5.03. The van der Waals surface area contributed by atoms with Crippen LogP contribution in [0.3, 0.4) is 0 Å². The number of nitrogens with one attached hydrogen (secondary N) is 2. The Hall–Kier alpha value is -2.21. The van der Waals surface area contributed by atoms with E-state index in [-0.39, 0.29) is 24.1 Å². The minimum absolute atomic E-state index is 0.0931. The average molecular weight is 426 g/mol. The van der Waals surface area contributed by atoms with Gasteiger partial charge in [0.05, 0.1) is 7.11 Å². The molecule has 0 aliphatic heterocycles. The van der Waals surface area contributed by atoms with Crippen LogP contribution in [0.5, 0.6) is 0 Å². The van der Waals surface area contributed by atoms with Crippen molar-refractivity contribution in [2.45, 2.75) is 57.7 Å². The van der Waals surface area contributed by atoms with Gasteiger partial charge in [-0.3, -0.25) is 4.79 Å². The van der Waals surface area contributed by atoms with Gasteiger partial charge in [0.15, 0.2) is 0 Å². The van der Waals surface area contributed by atoms with Crippen LogP contribution in [-0.2, 0) is 22.4 Å². The Labute approximate surface area is 187 Å². The van der Waals surface area contributed by atoms with Crippen molar-refractivity contribution >= 4 is 5.97 Å². The SMILES string of the molecule is COC(=O)[C@H](Cc1ccccc1)NC[C@H](CC(C)C)NC[C@@H](N)CCc1ccccc1. The highest BCUT2D eigenvalue weighted by atomic mass is 16.5. The molecule has 170 valence electrons. The van der Waals surface area contributed by atoms with Gasteiger partial charge in [-0.1, -0.05) is 74.5 Å². The van der Waals surface area contributed by atoms with Gasteiger partial charge in [-0.25, -0.2) is 0 Å². The van der Waals surface area contributed by atoms with Crippen LogP contribution in [0.1, 0.15) is 37.8 Å². The molecule has 0 amide bonds. The number of rotatable bonds is 14. The number of aryl methyl sites for hydroxylation is 1. The number of esters is 1. The molecule has 0 radical (unpaired) electrons. The summed E-state index contributed by atoms with van der Waals surface area (Å²) in [5, 5.41) is 7.05. The maximum atomic E-state index is 12.3. The smallest absolute Gasteiger partial charge is 0.323 e. The Kier molecular flexibility index (Phi) is 11.3. The van der Waals surface area contributed by atoms with Crippen LogP contribution in [0.2, 0.25) is 0 Å². The van der Waals surface area contributed by atoms with E-state index in [1.807, 2.05) is 36.4 Å². The third-order valence-electron chi connectivity index (χ3n) is 5.45. The van der Waals surface area contributed by atoms with Crippen LogP contribution < -0.4 is 16.4 Å². The van der Waals surface area contributed by atoms with Crippen LogP contribution in [0, 0.1) is 5.92 Å². The normalized spacial score (nSPS) is 14.2. The number of ether oxygens (including phenoxy) is 1. The monoisotopic (exact) mass is 425 g/mol. The summed E-state index contributed by atoms with van der Waals surface area (Å²) in [6, 6.07) is 20.5. The summed E-state index contributed by atoms with van der Waals surface area (Å²) in [6.45, 7) is 5.88. The summed E-state index contributed by atoms with van der Waals surface area (Å²) in [6.07, 6.45) is 3.55. The Morgan fingerprint density at radius 2 is 1.55 bits per heavy atom. The van der Waals surface area contributed by atoms with Gasteiger partial charge in [-0.15, -0.1) is 0 Å². The lowest BCUT2D eigenvalue weighted by atomic mass is 10.0. The van der Waals surface area contributed by atoms with Crippen molar-refractivity contribution in [3.05, 3.63) is 71.8 Å². The molecule has 0 fully saturated rings. The molecular formula is C26H39N3O2. The molecule has 2 aromatic rings. The van der Waals surface area contributed by atoms with E-state index >= 15 is 0 Å². The molecule has 4 N–H and O–H groups in total. The molecule has 5 nitrogen and oxygen atoms in total. The van der Waals surface area contributed by atoms with E-state index in [0.717, 1.165) is 31.4 Å². The quantitative estimate of drug-likeness (QED) is 0.405. The standard InChI is InChI=1S/C26H39N3O2/c1-20(2)16-24(28-18-23(27)15-14-21-10-6-4-7-11-21)19-29-25(26(30)31-3)17-22-12-8-5-9-13-22/h4-13,20,23-25,28-29H,14-19,27H2,1-3H3/t23-,24-,25-/m0/s1. The highest BCUT2D eigenvalue weighted by molar-refractivity contribution is 5.76. The van der Waals surface area contributed by atoms with E-state index in [4.69, 9.17) is 10.5 Å². The fraction of sp³-hybridized carbons (Fsp3) is 0.500. The molecule has 31 heavy (non-hydrogen) atoms. The second-order valence-electron chi connectivity index (χ2n) is 8.69. The summed E-state index contributed by atoms with van der Waals surface area (Å²) in [5.41, 5.74) is 8.80. The second kappa shape index (κ2) is 14.0. The van der Waals surface area contributed by atoms with Crippen molar-refractivity contribution in [1.29, 1.82) is 0 Å². The molecular weight excluding hydrogens is 386 g/mol. The first-order valence-corrected chi connectivity index (χ1v) is 11.4. The van der Waals surface area contributed by atoms with Crippen LogP contribution >= 0.6 is 0 Å². The predicted molar refractivity (Wildman–Crippen MR) is 128 cm³/mol. The van der Waals surface area contributed by atoms with Crippen molar-refractivity contribution in [3.63, 3.8) is 0 Å². The molecule has 0 bridgehead atoms.